The largest absolute Gasteiger partial charge is 0.383 e. The van der Waals surface area contributed by atoms with Crippen molar-refractivity contribution in [3.63, 3.8) is 0 Å². The molecule has 3 aromatic rings. The molecule has 1 heterocycles. The molecule has 2 N–H and O–H groups in total. The minimum atomic E-state index is -0.958. The summed E-state index contributed by atoms with van der Waals surface area (Å²) in [6.07, 6.45) is -0.273. The van der Waals surface area contributed by atoms with Crippen LogP contribution in [-0.2, 0) is 39.2 Å². The molecule has 0 aliphatic carbocycles. The number of amides is 1. The molecule has 0 saturated carbocycles. The van der Waals surface area contributed by atoms with Crippen molar-refractivity contribution in [2.45, 2.75) is 51.7 Å². The van der Waals surface area contributed by atoms with Gasteiger partial charge in [0, 0.05) is 19.6 Å². The van der Waals surface area contributed by atoms with Crippen molar-refractivity contribution in [1.29, 1.82) is 0 Å². The van der Waals surface area contributed by atoms with E-state index in [0.717, 1.165) is 5.56 Å². The zero-order valence-electron chi connectivity index (χ0n) is 19.7. The molecule has 34 heavy (non-hydrogen) atoms. The van der Waals surface area contributed by atoms with E-state index in [-0.39, 0.29) is 35.6 Å². The lowest BCUT2D eigenvalue weighted by molar-refractivity contribution is -0.127. The molecule has 0 bridgehead atoms. The number of benzene rings is 2. The van der Waals surface area contributed by atoms with Gasteiger partial charge in [-0.15, -0.1) is 0 Å². The summed E-state index contributed by atoms with van der Waals surface area (Å²) >= 11 is 0. The van der Waals surface area contributed by atoms with E-state index >= 15 is 0 Å². The molecule has 0 unspecified atom stereocenters. The van der Waals surface area contributed by atoms with E-state index in [4.69, 9.17) is 9.26 Å². The number of nitrogens with one attached hydrogen (secondary N) is 2. The Kier molecular flexibility index (Phi) is 7.83. The van der Waals surface area contributed by atoms with Crippen molar-refractivity contribution in [2.24, 2.45) is 0 Å². The average molecular weight is 469 g/mol. The number of Topliss-reactive ketones (excluding diaryl/α,β-unsaturated/α-hetero) is 1. The van der Waals surface area contributed by atoms with Crippen LogP contribution in [0.15, 0.2) is 57.8 Å². The van der Waals surface area contributed by atoms with Crippen molar-refractivity contribution >= 4 is 11.7 Å². The number of aromatic nitrogens is 1. The number of hydrogen-bond acceptors (Lipinski definition) is 5. The molecule has 0 aliphatic rings. The van der Waals surface area contributed by atoms with E-state index in [1.54, 1.807) is 31.4 Å². The van der Waals surface area contributed by atoms with Gasteiger partial charge in [0.2, 0.25) is 5.91 Å². The molecule has 0 fully saturated rings. The number of H-pyrrole nitrogens is 1. The van der Waals surface area contributed by atoms with E-state index in [2.05, 4.69) is 10.5 Å². The lowest BCUT2D eigenvalue weighted by atomic mass is 9.85. The number of ether oxygens (including phenoxy) is 1. The topological polar surface area (TPSA) is 101 Å². The predicted molar refractivity (Wildman–Crippen MR) is 125 cm³/mol. The second-order valence-corrected chi connectivity index (χ2v) is 9.24. The van der Waals surface area contributed by atoms with Gasteiger partial charge in [0.05, 0.1) is 13.0 Å². The molecule has 0 radical (unpaired) electrons. The highest BCUT2D eigenvalue weighted by atomic mass is 19.1. The summed E-state index contributed by atoms with van der Waals surface area (Å²) in [6, 6.07) is 12.1. The van der Waals surface area contributed by atoms with E-state index in [1.807, 2.05) is 32.9 Å². The lowest BCUT2D eigenvalue weighted by Crippen LogP contribution is -2.35. The van der Waals surface area contributed by atoms with Gasteiger partial charge in [-0.3, -0.25) is 14.4 Å². The second kappa shape index (κ2) is 10.6. The van der Waals surface area contributed by atoms with Gasteiger partial charge >= 0.3 is 0 Å². The van der Waals surface area contributed by atoms with E-state index in [9.17, 15) is 18.8 Å². The van der Waals surface area contributed by atoms with Crippen LogP contribution >= 0.6 is 0 Å². The highest BCUT2D eigenvalue weighted by Gasteiger charge is 2.25. The van der Waals surface area contributed by atoms with Crippen LogP contribution in [0.2, 0.25) is 0 Å². The number of hydrogen-bond donors (Lipinski definition) is 2. The van der Waals surface area contributed by atoms with Crippen molar-refractivity contribution in [3.05, 3.63) is 92.7 Å². The fourth-order valence-electron chi connectivity index (χ4n) is 3.68. The summed E-state index contributed by atoms with van der Waals surface area (Å²) in [5.41, 5.74) is 1.76. The minimum Gasteiger partial charge on any atom is -0.383 e. The summed E-state index contributed by atoms with van der Waals surface area (Å²) < 4.78 is 24.7. The Labute approximate surface area is 197 Å². The van der Waals surface area contributed by atoms with Crippen molar-refractivity contribution in [2.75, 3.05) is 7.11 Å². The standard InChI is InChI=1S/C26H29FN2O5/c1-26(2,3)20-10-7-17(11-21(20)27)12-22(30)25(18-8-5-16(6-9-18)15-33-4)28-23(31)13-19-14-24(32)29-34-19/h5-11,14,25H,12-13,15H2,1-4H3,(H,28,31)(H,29,32)/t25-/m1/s1. The first-order valence-corrected chi connectivity index (χ1v) is 10.9. The number of ketones is 1. The van der Waals surface area contributed by atoms with E-state index < -0.39 is 17.5 Å². The third kappa shape index (κ3) is 6.51. The summed E-state index contributed by atoms with van der Waals surface area (Å²) in [4.78, 5) is 37.1. The molecule has 0 spiro atoms. The maximum absolute atomic E-state index is 14.7. The Balaban J connectivity index is 1.83. The van der Waals surface area contributed by atoms with Crippen LogP contribution in [0.4, 0.5) is 4.39 Å². The van der Waals surface area contributed by atoms with Crippen molar-refractivity contribution < 1.29 is 23.2 Å². The average Bonchev–Trinajstić information content (AvgIpc) is 3.16. The Bertz CT molecular complexity index is 1200. The number of methoxy groups -OCH3 is 1. The van der Waals surface area contributed by atoms with Crippen LogP contribution < -0.4 is 10.9 Å². The third-order valence-corrected chi connectivity index (χ3v) is 5.38. The quantitative estimate of drug-likeness (QED) is 0.498. The van der Waals surface area contributed by atoms with Crippen molar-refractivity contribution in [3.8, 4) is 0 Å². The number of halogens is 1. The van der Waals surface area contributed by atoms with Gasteiger partial charge in [-0.25, -0.2) is 4.39 Å². The van der Waals surface area contributed by atoms with Crippen LogP contribution in [0.5, 0.6) is 0 Å². The first kappa shape index (κ1) is 25.1. The predicted octanol–water partition coefficient (Wildman–Crippen LogP) is 3.76. The Hall–Kier alpha value is -3.52. The van der Waals surface area contributed by atoms with Crippen molar-refractivity contribution in [1.82, 2.24) is 10.5 Å². The first-order valence-electron chi connectivity index (χ1n) is 10.9. The van der Waals surface area contributed by atoms with Gasteiger partial charge in [0.1, 0.15) is 17.6 Å². The molecule has 8 heteroatoms. The normalized spacial score (nSPS) is 12.4. The van der Waals surface area contributed by atoms with Crippen LogP contribution in [0.1, 0.15) is 54.8 Å². The maximum Gasteiger partial charge on any atom is 0.280 e. The molecule has 0 aliphatic heterocycles. The molecule has 2 aromatic carbocycles. The Morgan fingerprint density at radius 1 is 1.06 bits per heavy atom. The van der Waals surface area contributed by atoms with Crippen LogP contribution in [-0.4, -0.2) is 24.0 Å². The highest BCUT2D eigenvalue weighted by Crippen LogP contribution is 2.26. The third-order valence-electron chi connectivity index (χ3n) is 5.38. The van der Waals surface area contributed by atoms with Crippen LogP contribution in [0.3, 0.4) is 0 Å². The van der Waals surface area contributed by atoms with E-state index in [1.165, 1.54) is 12.1 Å². The van der Waals surface area contributed by atoms with Crippen LogP contribution in [0, 0.1) is 5.82 Å². The SMILES string of the molecule is COCc1ccc([C@@H](NC(=O)Cc2cc(=O)[nH]o2)C(=O)Cc2ccc(C(C)(C)C)c(F)c2)cc1. The minimum absolute atomic E-state index is 0.0641. The first-order chi connectivity index (χ1) is 16.1. The highest BCUT2D eigenvalue weighted by molar-refractivity contribution is 5.91. The number of carbonyl (C=O) groups excluding carboxylic acids is 2. The molecule has 1 aromatic heterocycles. The number of carbonyl (C=O) groups is 2. The monoisotopic (exact) mass is 468 g/mol. The van der Waals surface area contributed by atoms with Crippen LogP contribution in [0.25, 0.3) is 0 Å². The lowest BCUT2D eigenvalue weighted by Gasteiger charge is -2.21. The molecule has 180 valence electrons. The van der Waals surface area contributed by atoms with Gasteiger partial charge in [-0.2, -0.15) is 5.16 Å². The molecular weight excluding hydrogens is 439 g/mol. The van der Waals surface area contributed by atoms with Gasteiger partial charge in [0.15, 0.2) is 5.78 Å². The van der Waals surface area contributed by atoms with Gasteiger partial charge in [-0.05, 0) is 33.7 Å². The van der Waals surface area contributed by atoms with Gasteiger partial charge in [-0.1, -0.05) is 57.2 Å². The smallest absolute Gasteiger partial charge is 0.280 e. The zero-order valence-corrected chi connectivity index (χ0v) is 19.7. The van der Waals surface area contributed by atoms with Gasteiger partial charge < -0.3 is 14.6 Å². The summed E-state index contributed by atoms with van der Waals surface area (Å²) in [5.74, 6) is -1.00. The molecule has 7 nitrogen and oxygen atoms in total. The fraction of sp³-hybridized carbons (Fsp3) is 0.346. The molecule has 3 rings (SSSR count). The summed E-state index contributed by atoms with van der Waals surface area (Å²) in [6.45, 7) is 6.17. The fourth-order valence-corrected chi connectivity index (χ4v) is 3.68. The second-order valence-electron chi connectivity index (χ2n) is 9.24. The molecule has 1 amide bonds. The van der Waals surface area contributed by atoms with Gasteiger partial charge in [0.25, 0.3) is 5.56 Å². The Morgan fingerprint density at radius 2 is 1.74 bits per heavy atom. The zero-order chi connectivity index (χ0) is 24.9. The number of rotatable bonds is 9. The maximum atomic E-state index is 14.7. The summed E-state index contributed by atoms with van der Waals surface area (Å²) in [5, 5.41) is 4.85. The molecular formula is C26H29FN2O5. The Morgan fingerprint density at radius 3 is 2.29 bits per heavy atom. The molecule has 1 atom stereocenters. The molecule has 0 saturated heterocycles. The summed E-state index contributed by atoms with van der Waals surface area (Å²) in [7, 11) is 1.59. The van der Waals surface area contributed by atoms with E-state index in [0.29, 0.717) is 23.3 Å². The number of aromatic amines is 1.